The first-order chi connectivity index (χ1) is 18.3. The Bertz CT molecular complexity index is 1430. The monoisotopic (exact) mass is 518 g/mol. The quantitative estimate of drug-likeness (QED) is 0.344. The highest BCUT2D eigenvalue weighted by atomic mass is 16.5. The minimum Gasteiger partial charge on any atom is -0.393 e. The second-order valence-corrected chi connectivity index (χ2v) is 10.2. The molecule has 1 aliphatic rings. The lowest BCUT2D eigenvalue weighted by Gasteiger charge is -2.39. The van der Waals surface area contributed by atoms with Gasteiger partial charge in [-0.15, -0.1) is 0 Å². The van der Waals surface area contributed by atoms with Gasteiger partial charge in [0.15, 0.2) is 0 Å². The maximum absolute atomic E-state index is 11.3. The van der Waals surface area contributed by atoms with E-state index in [-0.39, 0.29) is 19.2 Å². The molecule has 0 bridgehead atoms. The lowest BCUT2D eigenvalue weighted by atomic mass is 9.92. The van der Waals surface area contributed by atoms with Gasteiger partial charge in [0.25, 0.3) is 0 Å². The number of aliphatic hydroxyl groups is 1. The average Bonchev–Trinajstić information content (AvgIpc) is 3.53. The predicted molar refractivity (Wildman–Crippen MR) is 144 cm³/mol. The molecule has 38 heavy (non-hydrogen) atoms. The number of hydrogen-bond acceptors (Lipinski definition) is 8. The van der Waals surface area contributed by atoms with Gasteiger partial charge in [0.05, 0.1) is 29.6 Å². The van der Waals surface area contributed by atoms with Crippen molar-refractivity contribution in [2.75, 3.05) is 31.7 Å². The first kappa shape index (κ1) is 25.8. The molecule has 11 heteroatoms. The second-order valence-electron chi connectivity index (χ2n) is 10.2. The molecule has 200 valence electrons. The fourth-order valence-electron chi connectivity index (χ4n) is 5.05. The first-order valence-electron chi connectivity index (χ1n) is 12.8. The molecule has 11 nitrogen and oxygen atoms in total. The van der Waals surface area contributed by atoms with Crippen LogP contribution in [0.25, 0.3) is 22.0 Å². The predicted octanol–water partition coefficient (Wildman–Crippen LogP) is 2.32. The molecule has 4 aromatic rings. The number of nitrogens with two attached hydrogens (primary N) is 1. The summed E-state index contributed by atoms with van der Waals surface area (Å²) in [5, 5.41) is 15.0. The van der Waals surface area contributed by atoms with E-state index in [2.05, 4.69) is 45.7 Å². The molecule has 3 N–H and O–H groups in total. The number of anilines is 1. The molecular weight excluding hydrogens is 484 g/mol. The zero-order valence-corrected chi connectivity index (χ0v) is 22.0. The zero-order chi connectivity index (χ0) is 26.9. The fourth-order valence-corrected chi connectivity index (χ4v) is 5.05. The number of nitrogens with zero attached hydrogens (tertiary/aromatic N) is 7. The number of amides is 1. The Balaban J connectivity index is 1.39. The summed E-state index contributed by atoms with van der Waals surface area (Å²) in [7, 11) is 1.66. The van der Waals surface area contributed by atoms with Crippen LogP contribution < -0.4 is 10.6 Å². The number of methoxy groups -OCH3 is 1. The molecule has 0 saturated carbocycles. The van der Waals surface area contributed by atoms with Gasteiger partial charge in [0.2, 0.25) is 11.9 Å². The van der Waals surface area contributed by atoms with Crippen molar-refractivity contribution in [3.05, 3.63) is 54.5 Å². The van der Waals surface area contributed by atoms with E-state index in [9.17, 15) is 9.90 Å². The van der Waals surface area contributed by atoms with E-state index in [1.54, 1.807) is 24.2 Å². The van der Waals surface area contributed by atoms with Crippen LogP contribution in [0.2, 0.25) is 0 Å². The van der Waals surface area contributed by atoms with Crippen LogP contribution in [0.15, 0.2) is 43.1 Å². The van der Waals surface area contributed by atoms with Gasteiger partial charge in [-0.2, -0.15) is 5.10 Å². The molecule has 0 radical (unpaired) electrons. The number of piperidine rings is 1. The fraction of sp³-hybridized carbons (Fsp3) is 0.444. The van der Waals surface area contributed by atoms with Gasteiger partial charge in [-0.1, -0.05) is 0 Å². The van der Waals surface area contributed by atoms with Crippen molar-refractivity contribution in [2.45, 2.75) is 51.3 Å². The number of carbonyl (C=O) groups is 1. The van der Waals surface area contributed by atoms with Crippen molar-refractivity contribution in [3.63, 3.8) is 0 Å². The molecular formula is C27H34N8O3. The number of ether oxygens (including phenoxy) is 1. The summed E-state index contributed by atoms with van der Waals surface area (Å²) in [5.41, 5.74) is 9.64. The Kier molecular flexibility index (Phi) is 7.13. The van der Waals surface area contributed by atoms with E-state index in [0.29, 0.717) is 12.4 Å². The van der Waals surface area contributed by atoms with Gasteiger partial charge in [-0.25, -0.2) is 9.97 Å². The maximum atomic E-state index is 11.3. The van der Waals surface area contributed by atoms with E-state index >= 15 is 0 Å². The summed E-state index contributed by atoms with van der Waals surface area (Å²) in [6.07, 6.45) is 11.4. The van der Waals surface area contributed by atoms with Crippen LogP contribution in [-0.4, -0.2) is 72.7 Å². The van der Waals surface area contributed by atoms with E-state index in [4.69, 9.17) is 20.4 Å². The van der Waals surface area contributed by atoms with Crippen LogP contribution in [-0.2, 0) is 22.5 Å². The van der Waals surface area contributed by atoms with Crippen molar-refractivity contribution in [1.82, 2.24) is 29.3 Å². The van der Waals surface area contributed by atoms with E-state index in [1.807, 2.05) is 18.5 Å². The number of carbonyl (C=O) groups excluding carboxylic acids is 1. The molecule has 1 aliphatic heterocycles. The minimum absolute atomic E-state index is 0.0158. The first-order valence-corrected chi connectivity index (χ1v) is 12.8. The van der Waals surface area contributed by atoms with Crippen LogP contribution in [0, 0.1) is 0 Å². The van der Waals surface area contributed by atoms with Crippen LogP contribution in [0.3, 0.4) is 0 Å². The Morgan fingerprint density at radius 3 is 2.66 bits per heavy atom. The summed E-state index contributed by atoms with van der Waals surface area (Å²) in [6.45, 7) is 5.79. The molecule has 0 aromatic carbocycles. The molecule has 0 unspecified atom stereocenters. The number of hydrogen-bond donors (Lipinski definition) is 2. The largest absolute Gasteiger partial charge is 0.393 e. The summed E-state index contributed by atoms with van der Waals surface area (Å²) in [4.78, 5) is 27.5. The lowest BCUT2D eigenvalue weighted by molar-refractivity contribution is -0.118. The van der Waals surface area contributed by atoms with Crippen LogP contribution in [0.5, 0.6) is 0 Å². The Morgan fingerprint density at radius 2 is 1.97 bits per heavy atom. The number of fused-ring (bicyclic) bond motifs is 1. The van der Waals surface area contributed by atoms with Crippen LogP contribution >= 0.6 is 0 Å². The molecule has 5 heterocycles. The van der Waals surface area contributed by atoms with Crippen LogP contribution in [0.4, 0.5) is 5.95 Å². The molecule has 0 spiro atoms. The molecule has 1 fully saturated rings. The van der Waals surface area contributed by atoms with E-state index in [1.165, 1.54) is 0 Å². The van der Waals surface area contributed by atoms with Gasteiger partial charge in [-0.3, -0.25) is 14.5 Å². The van der Waals surface area contributed by atoms with Crippen molar-refractivity contribution >= 4 is 22.8 Å². The Labute approximate surface area is 221 Å². The highest BCUT2D eigenvalue weighted by molar-refractivity contribution is 5.95. The molecule has 4 aromatic heterocycles. The van der Waals surface area contributed by atoms with Crippen molar-refractivity contribution in [2.24, 2.45) is 5.73 Å². The van der Waals surface area contributed by atoms with Gasteiger partial charge in [0, 0.05) is 79.7 Å². The number of pyridine rings is 1. The standard InChI is InChI=1S/C27H34N8O3/c1-18(2)35-15-23(19-12-31-34(14-19)16-25(28)37)22-13-30-21(11-24(22)35)10-20-4-7-29-26(32-20)33-8-5-27(17-36,38-3)6-9-33/h4,7,11-15,18,36H,5-6,8-10,16-17H2,1-3H3,(H2,28,37). The minimum atomic E-state index is -0.474. The number of rotatable bonds is 9. The summed E-state index contributed by atoms with van der Waals surface area (Å²) < 4.78 is 9.35. The third-order valence-corrected chi connectivity index (χ3v) is 7.34. The summed E-state index contributed by atoms with van der Waals surface area (Å²) in [5.74, 6) is 0.254. The maximum Gasteiger partial charge on any atom is 0.239 e. The molecule has 0 aliphatic carbocycles. The molecule has 5 rings (SSSR count). The summed E-state index contributed by atoms with van der Waals surface area (Å²) in [6, 6.07) is 4.28. The summed E-state index contributed by atoms with van der Waals surface area (Å²) >= 11 is 0. The number of primary amides is 1. The third kappa shape index (κ3) is 5.11. The molecule has 0 atom stereocenters. The molecule has 1 saturated heterocycles. The van der Waals surface area contributed by atoms with Gasteiger partial charge < -0.3 is 25.0 Å². The van der Waals surface area contributed by atoms with Gasteiger partial charge in [0.1, 0.15) is 6.54 Å². The van der Waals surface area contributed by atoms with Gasteiger partial charge >= 0.3 is 0 Å². The third-order valence-electron chi connectivity index (χ3n) is 7.34. The van der Waals surface area contributed by atoms with Gasteiger partial charge in [-0.05, 0) is 38.8 Å². The topological polar surface area (TPSA) is 137 Å². The van der Waals surface area contributed by atoms with Crippen molar-refractivity contribution < 1.29 is 14.6 Å². The second kappa shape index (κ2) is 10.5. The van der Waals surface area contributed by atoms with E-state index in [0.717, 1.165) is 59.3 Å². The smallest absolute Gasteiger partial charge is 0.239 e. The normalized spacial score (nSPS) is 15.4. The molecule has 1 amide bonds. The Morgan fingerprint density at radius 1 is 1.18 bits per heavy atom. The Hall–Kier alpha value is -3.83. The highest BCUT2D eigenvalue weighted by Gasteiger charge is 2.34. The van der Waals surface area contributed by atoms with Crippen LogP contribution in [0.1, 0.15) is 44.1 Å². The zero-order valence-electron chi connectivity index (χ0n) is 22.0. The lowest BCUT2D eigenvalue weighted by Crippen LogP contribution is -2.48. The average molecular weight is 519 g/mol. The highest BCUT2D eigenvalue weighted by Crippen LogP contribution is 2.33. The number of aliphatic hydroxyl groups excluding tert-OH is 1. The van der Waals surface area contributed by atoms with Crippen molar-refractivity contribution in [1.29, 1.82) is 0 Å². The van der Waals surface area contributed by atoms with E-state index < -0.39 is 11.5 Å². The van der Waals surface area contributed by atoms with Crippen molar-refractivity contribution in [3.8, 4) is 11.1 Å². The number of aromatic nitrogens is 6. The SMILES string of the molecule is COC1(CO)CCN(c2nccc(Cc3cc4c(cn3)c(-c3cnn(CC(N)=O)c3)cn4C(C)C)n2)CC1.